The van der Waals surface area contributed by atoms with Gasteiger partial charge in [0, 0.05) is 11.8 Å². The molecule has 1 heterocycles. The molecular weight excluding hydrogens is 209 g/mol. The summed E-state index contributed by atoms with van der Waals surface area (Å²) in [5, 5.41) is 2.19. The quantitative estimate of drug-likeness (QED) is 0.844. The maximum atomic E-state index is 12.5. The molecule has 84 valence electrons. The van der Waals surface area contributed by atoms with Gasteiger partial charge in [0.25, 0.3) is 0 Å². The van der Waals surface area contributed by atoms with E-state index in [2.05, 4.69) is 10.3 Å². The fourth-order valence-corrected chi connectivity index (χ4v) is 1.22. The van der Waals surface area contributed by atoms with E-state index < -0.39 is 12.2 Å². The van der Waals surface area contributed by atoms with E-state index in [9.17, 15) is 13.2 Å². The number of methoxy groups -OCH3 is 1. The van der Waals surface area contributed by atoms with E-state index in [-0.39, 0.29) is 5.56 Å². The van der Waals surface area contributed by atoms with Gasteiger partial charge in [0.15, 0.2) is 0 Å². The predicted molar refractivity (Wildman–Crippen MR) is 48.6 cm³/mol. The molecule has 0 saturated carbocycles. The minimum Gasteiger partial charge on any atom is -0.495 e. The normalized spacial score (nSPS) is 13.7. The second-order valence-electron chi connectivity index (χ2n) is 2.92. The number of hydrogen-bond acceptors (Lipinski definition) is 3. The third-order valence-electron chi connectivity index (χ3n) is 1.92. The largest absolute Gasteiger partial charge is 0.495 e. The van der Waals surface area contributed by atoms with E-state index in [4.69, 9.17) is 4.74 Å². The first-order valence-electron chi connectivity index (χ1n) is 4.22. The van der Waals surface area contributed by atoms with Crippen LogP contribution in [0.15, 0.2) is 18.5 Å². The van der Waals surface area contributed by atoms with Crippen molar-refractivity contribution in [2.45, 2.75) is 12.2 Å². The lowest BCUT2D eigenvalue weighted by Gasteiger charge is -2.19. The molecule has 0 aliphatic rings. The van der Waals surface area contributed by atoms with Crippen molar-refractivity contribution in [3.63, 3.8) is 0 Å². The number of halogens is 3. The summed E-state index contributed by atoms with van der Waals surface area (Å²) in [6, 6.07) is -0.415. The summed E-state index contributed by atoms with van der Waals surface area (Å²) in [4.78, 5) is 3.67. The Hall–Kier alpha value is -1.30. The van der Waals surface area contributed by atoms with Crippen molar-refractivity contribution < 1.29 is 17.9 Å². The van der Waals surface area contributed by atoms with E-state index in [1.165, 1.54) is 26.4 Å². The smallest absolute Gasteiger partial charge is 0.407 e. The van der Waals surface area contributed by atoms with Crippen LogP contribution in [0, 0.1) is 0 Å². The van der Waals surface area contributed by atoms with Crippen molar-refractivity contribution in [3.8, 4) is 5.75 Å². The molecule has 0 aliphatic carbocycles. The van der Waals surface area contributed by atoms with Crippen LogP contribution in [0.1, 0.15) is 11.6 Å². The minimum absolute atomic E-state index is 0.0318. The highest BCUT2D eigenvalue weighted by Gasteiger charge is 2.39. The Labute approximate surface area is 85.3 Å². The summed E-state index contributed by atoms with van der Waals surface area (Å²) in [6.45, 7) is 0. The molecular formula is C9H11F3N2O. The summed E-state index contributed by atoms with van der Waals surface area (Å²) < 4.78 is 42.3. The molecule has 0 saturated heterocycles. The van der Waals surface area contributed by atoms with Crippen LogP contribution < -0.4 is 10.1 Å². The molecule has 1 unspecified atom stereocenters. The van der Waals surface area contributed by atoms with Gasteiger partial charge in [-0.15, -0.1) is 0 Å². The Morgan fingerprint density at radius 3 is 2.53 bits per heavy atom. The molecule has 1 atom stereocenters. The lowest BCUT2D eigenvalue weighted by Crippen LogP contribution is -2.31. The molecule has 6 heteroatoms. The van der Waals surface area contributed by atoms with Crippen LogP contribution in [0.4, 0.5) is 13.2 Å². The molecule has 0 fully saturated rings. The SMILES string of the molecule is CNC(c1cncc(OC)c1)C(F)(F)F. The molecule has 0 amide bonds. The second kappa shape index (κ2) is 4.48. The van der Waals surface area contributed by atoms with Gasteiger partial charge >= 0.3 is 6.18 Å². The van der Waals surface area contributed by atoms with Crippen LogP contribution in [0.5, 0.6) is 5.75 Å². The molecule has 0 radical (unpaired) electrons. The van der Waals surface area contributed by atoms with Crippen molar-refractivity contribution in [1.29, 1.82) is 0 Å². The molecule has 0 spiro atoms. The monoisotopic (exact) mass is 220 g/mol. The maximum absolute atomic E-state index is 12.5. The fourth-order valence-electron chi connectivity index (χ4n) is 1.22. The number of pyridine rings is 1. The first kappa shape index (κ1) is 11.8. The average Bonchev–Trinajstić information content (AvgIpc) is 2.17. The number of aromatic nitrogens is 1. The van der Waals surface area contributed by atoms with Gasteiger partial charge in [-0.25, -0.2) is 0 Å². The summed E-state index contributed by atoms with van der Waals surface area (Å²) >= 11 is 0. The highest BCUT2D eigenvalue weighted by atomic mass is 19.4. The van der Waals surface area contributed by atoms with Gasteiger partial charge < -0.3 is 10.1 Å². The molecule has 1 aromatic heterocycles. The first-order valence-corrected chi connectivity index (χ1v) is 4.22. The highest BCUT2D eigenvalue weighted by molar-refractivity contribution is 5.26. The number of nitrogens with zero attached hydrogens (tertiary/aromatic N) is 1. The molecule has 3 nitrogen and oxygen atoms in total. The molecule has 0 bridgehead atoms. The van der Waals surface area contributed by atoms with Gasteiger partial charge in [-0.3, -0.25) is 4.98 Å². The zero-order valence-electron chi connectivity index (χ0n) is 8.30. The van der Waals surface area contributed by atoms with Crippen LogP contribution in [-0.4, -0.2) is 25.3 Å². The van der Waals surface area contributed by atoms with E-state index in [1.54, 1.807) is 0 Å². The minimum atomic E-state index is -4.34. The summed E-state index contributed by atoms with van der Waals surface area (Å²) in [5.74, 6) is 0.303. The lowest BCUT2D eigenvalue weighted by molar-refractivity contribution is -0.156. The number of rotatable bonds is 3. The zero-order valence-corrected chi connectivity index (χ0v) is 8.30. The van der Waals surface area contributed by atoms with Gasteiger partial charge in [-0.2, -0.15) is 13.2 Å². The number of ether oxygens (including phenoxy) is 1. The second-order valence-corrected chi connectivity index (χ2v) is 2.92. The van der Waals surface area contributed by atoms with Crippen molar-refractivity contribution in [1.82, 2.24) is 10.3 Å². The first-order chi connectivity index (χ1) is 6.99. The van der Waals surface area contributed by atoms with E-state index in [0.717, 1.165) is 6.20 Å². The topological polar surface area (TPSA) is 34.2 Å². The van der Waals surface area contributed by atoms with Gasteiger partial charge in [-0.1, -0.05) is 0 Å². The summed E-state index contributed by atoms with van der Waals surface area (Å²) in [7, 11) is 2.63. The third-order valence-corrected chi connectivity index (χ3v) is 1.92. The molecule has 0 aliphatic heterocycles. The average molecular weight is 220 g/mol. The van der Waals surface area contributed by atoms with Crippen LogP contribution in [0.3, 0.4) is 0 Å². The Morgan fingerprint density at radius 2 is 2.07 bits per heavy atom. The third kappa shape index (κ3) is 2.82. The van der Waals surface area contributed by atoms with Crippen LogP contribution >= 0.6 is 0 Å². The number of hydrogen-bond donors (Lipinski definition) is 1. The fraction of sp³-hybridized carbons (Fsp3) is 0.444. The number of nitrogens with one attached hydrogen (secondary N) is 1. The molecule has 1 aromatic rings. The summed E-state index contributed by atoms with van der Waals surface area (Å²) in [5.41, 5.74) is 0.0318. The Bertz CT molecular complexity index is 327. The predicted octanol–water partition coefficient (Wildman–Crippen LogP) is 1.91. The van der Waals surface area contributed by atoms with Gasteiger partial charge in [0.05, 0.1) is 13.3 Å². The molecule has 1 N–H and O–H groups in total. The van der Waals surface area contributed by atoms with Crippen LogP contribution in [0.2, 0.25) is 0 Å². The Balaban J connectivity index is 3.02. The number of alkyl halides is 3. The molecule has 0 aromatic carbocycles. The van der Waals surface area contributed by atoms with E-state index in [1.807, 2.05) is 0 Å². The van der Waals surface area contributed by atoms with Crippen molar-refractivity contribution >= 4 is 0 Å². The van der Waals surface area contributed by atoms with Crippen molar-refractivity contribution in [2.75, 3.05) is 14.2 Å². The standard InChI is InChI=1S/C9H11F3N2O/c1-13-8(9(10,11)12)6-3-7(15-2)5-14-4-6/h3-5,8,13H,1-2H3. The van der Waals surface area contributed by atoms with E-state index in [0.29, 0.717) is 5.75 Å². The van der Waals surface area contributed by atoms with Crippen molar-refractivity contribution in [3.05, 3.63) is 24.0 Å². The molecule has 15 heavy (non-hydrogen) atoms. The summed E-state index contributed by atoms with van der Waals surface area (Å²) in [6.07, 6.45) is -1.83. The van der Waals surface area contributed by atoms with Gasteiger partial charge in [0.2, 0.25) is 0 Å². The Morgan fingerprint density at radius 1 is 1.40 bits per heavy atom. The van der Waals surface area contributed by atoms with Crippen LogP contribution in [0.25, 0.3) is 0 Å². The highest BCUT2D eigenvalue weighted by Crippen LogP contribution is 2.32. The van der Waals surface area contributed by atoms with Crippen molar-refractivity contribution in [2.24, 2.45) is 0 Å². The van der Waals surface area contributed by atoms with E-state index >= 15 is 0 Å². The van der Waals surface area contributed by atoms with Crippen LogP contribution in [-0.2, 0) is 0 Å². The zero-order chi connectivity index (χ0) is 11.5. The lowest BCUT2D eigenvalue weighted by atomic mass is 10.1. The maximum Gasteiger partial charge on any atom is 0.407 e. The Kier molecular flexibility index (Phi) is 3.52. The van der Waals surface area contributed by atoms with Gasteiger partial charge in [-0.05, 0) is 13.1 Å². The van der Waals surface area contributed by atoms with Gasteiger partial charge in [0.1, 0.15) is 11.8 Å². The molecule has 1 rings (SSSR count).